The van der Waals surface area contributed by atoms with E-state index < -0.39 is 0 Å². The van der Waals surface area contributed by atoms with E-state index in [9.17, 15) is 0 Å². The molecule has 0 radical (unpaired) electrons. The van der Waals surface area contributed by atoms with Crippen LogP contribution in [0.2, 0.25) is 0 Å². The van der Waals surface area contributed by atoms with E-state index in [1.54, 1.807) is 0 Å². The largest absolute Gasteiger partial charge is 0.489 e. The van der Waals surface area contributed by atoms with E-state index in [2.05, 4.69) is 57.6 Å². The summed E-state index contributed by atoms with van der Waals surface area (Å²) in [5, 5.41) is 3.16. The highest BCUT2D eigenvalue weighted by molar-refractivity contribution is 9.10. The van der Waals surface area contributed by atoms with Crippen LogP contribution < -0.4 is 10.1 Å². The van der Waals surface area contributed by atoms with Crippen LogP contribution in [0.1, 0.15) is 28.7 Å². The summed E-state index contributed by atoms with van der Waals surface area (Å²) in [7, 11) is 1.96. The van der Waals surface area contributed by atoms with Crippen LogP contribution in [-0.4, -0.2) is 7.05 Å². The fourth-order valence-corrected chi connectivity index (χ4v) is 3.36. The van der Waals surface area contributed by atoms with Gasteiger partial charge in [-0.2, -0.15) is 0 Å². The molecule has 0 aromatic heterocycles. The molecule has 3 heteroatoms. The van der Waals surface area contributed by atoms with Gasteiger partial charge in [-0.15, -0.1) is 0 Å². The second-order valence-electron chi connectivity index (χ2n) is 5.53. The number of benzene rings is 2. The average molecular weight is 346 g/mol. The average Bonchev–Trinajstić information content (AvgIpc) is 2.94. The number of fused-ring (bicyclic) bond motifs is 1. The van der Waals surface area contributed by atoms with Crippen molar-refractivity contribution in [3.8, 4) is 5.75 Å². The van der Waals surface area contributed by atoms with Crippen molar-refractivity contribution >= 4 is 15.9 Å². The lowest BCUT2D eigenvalue weighted by Crippen LogP contribution is -2.05. The lowest BCUT2D eigenvalue weighted by atomic mass is 10.1. The Hall–Kier alpha value is -1.32. The Kier molecular flexibility index (Phi) is 4.61. The summed E-state index contributed by atoms with van der Waals surface area (Å²) < 4.78 is 7.06. The first-order valence-electron chi connectivity index (χ1n) is 7.43. The fraction of sp³-hybridized carbons (Fsp3) is 0.333. The first kappa shape index (κ1) is 14.6. The summed E-state index contributed by atoms with van der Waals surface area (Å²) in [5.74, 6) is 0.974. The quantitative estimate of drug-likeness (QED) is 0.875. The van der Waals surface area contributed by atoms with Crippen molar-refractivity contribution in [3.05, 3.63) is 63.1 Å². The van der Waals surface area contributed by atoms with Gasteiger partial charge in [0.25, 0.3) is 0 Å². The van der Waals surface area contributed by atoms with E-state index in [-0.39, 0.29) is 0 Å². The number of hydrogen-bond donors (Lipinski definition) is 1. The van der Waals surface area contributed by atoms with E-state index in [0.717, 1.165) is 16.8 Å². The van der Waals surface area contributed by atoms with Gasteiger partial charge < -0.3 is 10.1 Å². The third kappa shape index (κ3) is 3.47. The number of rotatable bonds is 5. The zero-order valence-corrected chi connectivity index (χ0v) is 13.9. The summed E-state index contributed by atoms with van der Waals surface area (Å²) in [5.41, 5.74) is 5.39. The molecule has 1 aliphatic carbocycles. The van der Waals surface area contributed by atoms with Crippen molar-refractivity contribution in [2.75, 3.05) is 7.05 Å². The molecule has 0 amide bonds. The molecule has 0 saturated heterocycles. The van der Waals surface area contributed by atoms with Crippen molar-refractivity contribution in [1.29, 1.82) is 0 Å². The van der Waals surface area contributed by atoms with E-state index in [4.69, 9.17) is 4.74 Å². The van der Waals surface area contributed by atoms with Crippen molar-refractivity contribution in [3.63, 3.8) is 0 Å². The maximum Gasteiger partial charge on any atom is 0.120 e. The van der Waals surface area contributed by atoms with Crippen LogP contribution in [-0.2, 0) is 26.0 Å². The normalized spacial score (nSPS) is 13.2. The van der Waals surface area contributed by atoms with Crippen molar-refractivity contribution in [2.45, 2.75) is 32.4 Å². The minimum Gasteiger partial charge on any atom is -0.489 e. The Labute approximate surface area is 134 Å². The summed E-state index contributed by atoms with van der Waals surface area (Å²) in [6.45, 7) is 1.48. The molecule has 0 atom stereocenters. The maximum atomic E-state index is 5.95. The third-order valence-electron chi connectivity index (χ3n) is 3.96. The lowest BCUT2D eigenvalue weighted by molar-refractivity contribution is 0.305. The number of ether oxygens (including phenoxy) is 1. The van der Waals surface area contributed by atoms with Crippen LogP contribution >= 0.6 is 15.9 Å². The number of halogens is 1. The molecule has 0 heterocycles. The number of hydrogen-bond acceptors (Lipinski definition) is 2. The Bertz CT molecular complexity index is 639. The Morgan fingerprint density at radius 2 is 1.95 bits per heavy atom. The van der Waals surface area contributed by atoms with Crippen LogP contribution in [0.3, 0.4) is 0 Å². The predicted molar refractivity (Wildman–Crippen MR) is 89.7 cm³/mol. The molecule has 2 nitrogen and oxygen atoms in total. The van der Waals surface area contributed by atoms with Gasteiger partial charge >= 0.3 is 0 Å². The van der Waals surface area contributed by atoms with Crippen LogP contribution in [0.25, 0.3) is 0 Å². The smallest absolute Gasteiger partial charge is 0.120 e. The Balaban J connectivity index is 1.67. The van der Waals surface area contributed by atoms with Crippen LogP contribution in [0.15, 0.2) is 40.9 Å². The molecule has 0 unspecified atom stereocenters. The summed E-state index contributed by atoms with van der Waals surface area (Å²) in [4.78, 5) is 0. The number of aryl methyl sites for hydroxylation is 2. The molecule has 3 rings (SSSR count). The van der Waals surface area contributed by atoms with Crippen molar-refractivity contribution < 1.29 is 4.74 Å². The van der Waals surface area contributed by atoms with Gasteiger partial charge in [-0.25, -0.2) is 0 Å². The summed E-state index contributed by atoms with van der Waals surface area (Å²) in [6.07, 6.45) is 3.68. The van der Waals surface area contributed by atoms with E-state index in [1.807, 2.05) is 7.05 Å². The SMILES string of the molecule is CNCc1ccc(COc2ccc3c(c2)CCC3)c(Br)c1. The highest BCUT2D eigenvalue weighted by Gasteiger charge is 2.11. The molecule has 21 heavy (non-hydrogen) atoms. The van der Waals surface area contributed by atoms with E-state index in [1.165, 1.54) is 41.5 Å². The first-order chi connectivity index (χ1) is 10.3. The first-order valence-corrected chi connectivity index (χ1v) is 8.22. The topological polar surface area (TPSA) is 21.3 Å². The molecular weight excluding hydrogens is 326 g/mol. The zero-order valence-electron chi connectivity index (χ0n) is 12.3. The molecule has 110 valence electrons. The predicted octanol–water partition coefficient (Wildman–Crippen LogP) is 4.24. The standard InChI is InChI=1S/C18H20BrNO/c1-20-11-13-5-6-16(18(19)9-13)12-21-17-8-7-14-3-2-4-15(14)10-17/h5-10,20H,2-4,11-12H2,1H3. The molecule has 2 aromatic rings. The lowest BCUT2D eigenvalue weighted by Gasteiger charge is -2.11. The van der Waals surface area contributed by atoms with Crippen LogP contribution in [0.4, 0.5) is 0 Å². The van der Waals surface area contributed by atoms with E-state index in [0.29, 0.717) is 6.61 Å². The summed E-state index contributed by atoms with van der Waals surface area (Å²) in [6, 6.07) is 12.9. The fourth-order valence-electron chi connectivity index (χ4n) is 2.82. The number of nitrogens with one attached hydrogen (secondary N) is 1. The maximum absolute atomic E-state index is 5.95. The van der Waals surface area contributed by atoms with Gasteiger partial charge in [0.15, 0.2) is 0 Å². The minimum absolute atomic E-state index is 0.596. The highest BCUT2D eigenvalue weighted by atomic mass is 79.9. The zero-order chi connectivity index (χ0) is 14.7. The van der Waals surface area contributed by atoms with Crippen LogP contribution in [0, 0.1) is 0 Å². The molecule has 1 aliphatic rings. The van der Waals surface area contributed by atoms with Crippen LogP contribution in [0.5, 0.6) is 5.75 Å². The molecule has 0 fully saturated rings. The van der Waals surface area contributed by atoms with Gasteiger partial charge in [-0.05, 0) is 61.2 Å². The molecule has 1 N–H and O–H groups in total. The van der Waals surface area contributed by atoms with Crippen molar-refractivity contribution in [2.24, 2.45) is 0 Å². The second kappa shape index (κ2) is 6.63. The van der Waals surface area contributed by atoms with Gasteiger partial charge in [-0.1, -0.05) is 34.1 Å². The minimum atomic E-state index is 0.596. The molecule has 0 spiro atoms. The molecule has 0 bridgehead atoms. The summed E-state index contributed by atoms with van der Waals surface area (Å²) >= 11 is 3.63. The second-order valence-corrected chi connectivity index (χ2v) is 6.38. The molecule has 2 aromatic carbocycles. The monoisotopic (exact) mass is 345 g/mol. The van der Waals surface area contributed by atoms with E-state index >= 15 is 0 Å². The molecule has 0 saturated carbocycles. The Morgan fingerprint density at radius 1 is 1.10 bits per heavy atom. The van der Waals surface area contributed by atoms with Gasteiger partial charge in [0.1, 0.15) is 12.4 Å². The molecule has 0 aliphatic heterocycles. The highest BCUT2D eigenvalue weighted by Crippen LogP contribution is 2.27. The molecular formula is C18H20BrNO. The van der Waals surface area contributed by atoms with Gasteiger partial charge in [0, 0.05) is 16.6 Å². The van der Waals surface area contributed by atoms with Gasteiger partial charge in [-0.3, -0.25) is 0 Å². The van der Waals surface area contributed by atoms with Gasteiger partial charge in [0.05, 0.1) is 0 Å². The third-order valence-corrected chi connectivity index (χ3v) is 4.70. The van der Waals surface area contributed by atoms with Gasteiger partial charge in [0.2, 0.25) is 0 Å². The van der Waals surface area contributed by atoms with Crippen molar-refractivity contribution in [1.82, 2.24) is 5.32 Å². The Morgan fingerprint density at radius 3 is 2.76 bits per heavy atom.